The van der Waals surface area contributed by atoms with Crippen molar-refractivity contribution in [2.45, 2.75) is 65.4 Å². The molecule has 0 radical (unpaired) electrons. The molecule has 1 atom stereocenters. The molecule has 0 bridgehead atoms. The van der Waals surface area contributed by atoms with E-state index in [1.165, 1.54) is 0 Å². The van der Waals surface area contributed by atoms with Crippen molar-refractivity contribution in [1.82, 2.24) is 4.98 Å². The molecule has 176 valence electrons. The first-order chi connectivity index (χ1) is 15.7. The van der Waals surface area contributed by atoms with E-state index in [4.69, 9.17) is 9.47 Å². The number of fused-ring (bicyclic) bond motifs is 1. The topological polar surface area (TPSA) is 91.8 Å². The van der Waals surface area contributed by atoms with Gasteiger partial charge >= 0.3 is 4.87 Å². The summed E-state index contributed by atoms with van der Waals surface area (Å²) in [6, 6.07) is 7.73. The number of aromatic amines is 1. The highest BCUT2D eigenvalue weighted by atomic mass is 32.1. The summed E-state index contributed by atoms with van der Waals surface area (Å²) in [5, 5.41) is 20.1. The number of ether oxygens (including phenoxy) is 2. The van der Waals surface area contributed by atoms with Crippen LogP contribution in [0.4, 0.5) is 0 Å². The molecule has 0 spiro atoms. The highest BCUT2D eigenvalue weighted by Crippen LogP contribution is 2.44. The van der Waals surface area contributed by atoms with Gasteiger partial charge in [0.1, 0.15) is 22.8 Å². The lowest BCUT2D eigenvalue weighted by molar-refractivity contribution is 0.0489. The third-order valence-corrected chi connectivity index (χ3v) is 7.57. The number of hydrogen-bond acceptors (Lipinski definition) is 6. The highest BCUT2D eigenvalue weighted by molar-refractivity contribution is 7.09. The molecule has 1 aromatic heterocycles. The van der Waals surface area contributed by atoms with Gasteiger partial charge in [0, 0.05) is 12.0 Å². The fourth-order valence-corrected chi connectivity index (χ4v) is 5.23. The minimum absolute atomic E-state index is 0.0521. The largest absolute Gasteiger partial charge is 0.507 e. The van der Waals surface area contributed by atoms with Crippen LogP contribution in [0.5, 0.6) is 23.1 Å². The van der Waals surface area contributed by atoms with Gasteiger partial charge in [0.25, 0.3) is 0 Å². The predicted octanol–water partition coefficient (Wildman–Crippen LogP) is 5.31. The van der Waals surface area contributed by atoms with E-state index in [1.807, 2.05) is 45.0 Å². The molecule has 2 aromatic carbocycles. The summed E-state index contributed by atoms with van der Waals surface area (Å²) in [5.41, 5.74) is 4.73. The second-order valence-electron chi connectivity index (χ2n) is 9.14. The van der Waals surface area contributed by atoms with Gasteiger partial charge in [-0.25, -0.2) is 0 Å². The number of thiazole rings is 1. The van der Waals surface area contributed by atoms with Crippen LogP contribution < -0.4 is 14.3 Å². The van der Waals surface area contributed by atoms with Crippen molar-refractivity contribution >= 4 is 11.3 Å². The summed E-state index contributed by atoms with van der Waals surface area (Å²) in [7, 11) is 0. The van der Waals surface area contributed by atoms with Crippen molar-refractivity contribution in [1.29, 1.82) is 0 Å². The Morgan fingerprint density at radius 1 is 1.12 bits per heavy atom. The van der Waals surface area contributed by atoms with Gasteiger partial charge in [-0.3, -0.25) is 9.78 Å². The summed E-state index contributed by atoms with van der Waals surface area (Å²) >= 11 is 1.03. The Labute approximate surface area is 197 Å². The molecule has 4 rings (SSSR count). The zero-order valence-corrected chi connectivity index (χ0v) is 20.4. The Kier molecular flexibility index (Phi) is 6.43. The maximum Gasteiger partial charge on any atom is 0.307 e. The quantitative estimate of drug-likeness (QED) is 0.408. The van der Waals surface area contributed by atoms with Crippen LogP contribution in [0.25, 0.3) is 0 Å². The van der Waals surface area contributed by atoms with Crippen molar-refractivity contribution in [3.63, 3.8) is 0 Å². The average molecular weight is 470 g/mol. The molecule has 0 saturated heterocycles. The second kappa shape index (κ2) is 9.14. The number of rotatable bonds is 7. The van der Waals surface area contributed by atoms with Gasteiger partial charge in [0.05, 0.1) is 11.5 Å². The van der Waals surface area contributed by atoms with Crippen LogP contribution in [0.2, 0.25) is 0 Å². The third kappa shape index (κ3) is 4.88. The Morgan fingerprint density at radius 3 is 2.52 bits per heavy atom. The lowest BCUT2D eigenvalue weighted by Crippen LogP contribution is -2.37. The number of aromatic hydroxyl groups is 2. The standard InChI is InChI=1S/C26H31NO5S/c1-15-16(2)23-20(17(3)22(15)28)10-12-26(4,32-23)11-5-13-31-19-8-6-18(7-9-19)14-21-24(29)27-25(30)33-21/h6-9,28-29H,5,10-14H2,1-4H3,(H,27,30). The average Bonchev–Trinajstić information content (AvgIpc) is 3.11. The van der Waals surface area contributed by atoms with Crippen molar-refractivity contribution in [3.05, 3.63) is 66.6 Å². The predicted molar refractivity (Wildman–Crippen MR) is 130 cm³/mol. The maximum absolute atomic E-state index is 11.3. The van der Waals surface area contributed by atoms with E-state index in [9.17, 15) is 15.0 Å². The molecule has 0 saturated carbocycles. The van der Waals surface area contributed by atoms with Crippen LogP contribution in [0, 0.1) is 20.8 Å². The summed E-state index contributed by atoms with van der Waals surface area (Å²) in [6.07, 6.45) is 4.07. The highest BCUT2D eigenvalue weighted by Gasteiger charge is 2.34. The second-order valence-corrected chi connectivity index (χ2v) is 10.2. The Hall–Kier alpha value is -2.93. The number of H-pyrrole nitrogens is 1. The van der Waals surface area contributed by atoms with Crippen molar-refractivity contribution < 1.29 is 19.7 Å². The summed E-state index contributed by atoms with van der Waals surface area (Å²) in [6.45, 7) is 8.68. The van der Waals surface area contributed by atoms with Gasteiger partial charge < -0.3 is 19.7 Å². The van der Waals surface area contributed by atoms with Crippen molar-refractivity contribution in [3.8, 4) is 23.1 Å². The van der Waals surface area contributed by atoms with Gasteiger partial charge in [-0.1, -0.05) is 23.5 Å². The molecule has 3 N–H and O–H groups in total. The molecule has 7 heteroatoms. The lowest BCUT2D eigenvalue weighted by Gasteiger charge is -2.38. The number of nitrogens with one attached hydrogen (secondary N) is 1. The molecular formula is C26H31NO5S. The maximum atomic E-state index is 11.3. The molecule has 1 unspecified atom stereocenters. The zero-order chi connectivity index (χ0) is 23.8. The Balaban J connectivity index is 1.30. The molecule has 1 aliphatic rings. The molecule has 33 heavy (non-hydrogen) atoms. The Morgan fingerprint density at radius 2 is 1.85 bits per heavy atom. The van der Waals surface area contributed by atoms with E-state index in [0.717, 1.165) is 76.3 Å². The molecule has 0 aliphatic carbocycles. The van der Waals surface area contributed by atoms with E-state index < -0.39 is 0 Å². The van der Waals surface area contributed by atoms with Crippen LogP contribution >= 0.6 is 11.3 Å². The molecular weight excluding hydrogens is 438 g/mol. The minimum atomic E-state index is -0.250. The van der Waals surface area contributed by atoms with E-state index in [-0.39, 0.29) is 16.4 Å². The fraction of sp³-hybridized carbons (Fsp3) is 0.423. The summed E-state index contributed by atoms with van der Waals surface area (Å²) < 4.78 is 12.4. The first kappa shape index (κ1) is 23.2. The van der Waals surface area contributed by atoms with Gasteiger partial charge in [0.15, 0.2) is 0 Å². The third-order valence-electron chi connectivity index (χ3n) is 6.70. The normalized spacial score (nSPS) is 17.5. The van der Waals surface area contributed by atoms with Crippen LogP contribution in [0.15, 0.2) is 29.1 Å². The number of phenolic OH excluding ortho intramolecular Hbond substituents is 1. The van der Waals surface area contributed by atoms with Crippen LogP contribution in [-0.2, 0) is 12.8 Å². The lowest BCUT2D eigenvalue weighted by atomic mass is 9.85. The molecule has 0 fully saturated rings. The van der Waals surface area contributed by atoms with Crippen LogP contribution in [-0.4, -0.2) is 27.4 Å². The van der Waals surface area contributed by atoms with Crippen LogP contribution in [0.1, 0.15) is 58.9 Å². The SMILES string of the molecule is Cc1c(C)c2c(c(C)c1O)CCC(C)(CCCOc1ccc(Cc3sc(=O)[nH]c3O)cc1)O2. The molecule has 0 amide bonds. The summed E-state index contributed by atoms with van der Waals surface area (Å²) in [4.78, 5) is 14.1. The molecule has 2 heterocycles. The smallest absolute Gasteiger partial charge is 0.307 e. The first-order valence-corrected chi connectivity index (χ1v) is 12.1. The fourth-order valence-electron chi connectivity index (χ4n) is 4.47. The van der Waals surface area contributed by atoms with E-state index in [1.54, 1.807) is 0 Å². The van der Waals surface area contributed by atoms with Crippen molar-refractivity contribution in [2.24, 2.45) is 0 Å². The molecule has 1 aliphatic heterocycles. The van der Waals surface area contributed by atoms with Gasteiger partial charge in [-0.05, 0) is 87.8 Å². The van der Waals surface area contributed by atoms with Crippen molar-refractivity contribution in [2.75, 3.05) is 6.61 Å². The number of benzene rings is 2. The van der Waals surface area contributed by atoms with E-state index in [0.29, 0.717) is 23.7 Å². The molecule has 6 nitrogen and oxygen atoms in total. The van der Waals surface area contributed by atoms with Gasteiger partial charge in [-0.2, -0.15) is 0 Å². The zero-order valence-electron chi connectivity index (χ0n) is 19.6. The monoisotopic (exact) mass is 469 g/mol. The van der Waals surface area contributed by atoms with Crippen LogP contribution in [0.3, 0.4) is 0 Å². The minimum Gasteiger partial charge on any atom is -0.507 e. The van der Waals surface area contributed by atoms with Gasteiger partial charge in [0.2, 0.25) is 5.88 Å². The number of phenols is 1. The van der Waals surface area contributed by atoms with E-state index in [2.05, 4.69) is 11.9 Å². The molecule has 3 aromatic rings. The number of aromatic nitrogens is 1. The van der Waals surface area contributed by atoms with E-state index >= 15 is 0 Å². The first-order valence-electron chi connectivity index (χ1n) is 11.3. The van der Waals surface area contributed by atoms with Gasteiger partial charge in [-0.15, -0.1) is 0 Å². The Bertz CT molecular complexity index is 1210. The number of hydrogen-bond donors (Lipinski definition) is 3. The summed E-state index contributed by atoms with van der Waals surface area (Å²) in [5.74, 6) is 2.07.